The van der Waals surface area contributed by atoms with Gasteiger partial charge in [-0.05, 0) is 100 Å². The molecule has 0 spiro atoms. The van der Waals surface area contributed by atoms with Crippen LogP contribution in [0, 0.1) is 47.3 Å². The second-order valence-electron chi connectivity index (χ2n) is 26.9. The van der Waals surface area contributed by atoms with Gasteiger partial charge in [0.05, 0.1) is 12.6 Å². The van der Waals surface area contributed by atoms with E-state index in [4.69, 9.17) is 0 Å². The Morgan fingerprint density at radius 3 is 1.23 bits per heavy atom. The molecule has 86 heavy (non-hydrogen) atoms. The van der Waals surface area contributed by atoms with Crippen molar-refractivity contribution in [1.82, 2.24) is 55.6 Å². The van der Waals surface area contributed by atoms with Crippen molar-refractivity contribution < 1.29 is 57.8 Å². The quantitative estimate of drug-likeness (QED) is 0.147. The van der Waals surface area contributed by atoms with E-state index < -0.39 is 162 Å². The summed E-state index contributed by atoms with van der Waals surface area (Å²) in [5.74, 6) is -10.3. The highest BCUT2D eigenvalue weighted by Crippen LogP contribution is 2.26. The summed E-state index contributed by atoms with van der Waals surface area (Å²) in [5.41, 5.74) is 0. The topological polar surface area (TPSA) is 279 Å². The third kappa shape index (κ3) is 21.6. The Hall–Kier alpha value is -6.13. The number of hydrogen-bond donors (Lipinski definition) is 5. The van der Waals surface area contributed by atoms with Crippen LogP contribution in [0.4, 0.5) is 0 Å². The predicted octanol–water partition coefficient (Wildman–Crippen LogP) is 3.52. The summed E-state index contributed by atoms with van der Waals surface area (Å²) in [4.78, 5) is 169. The number of aliphatic hydroxyl groups excluding tert-OH is 1. The van der Waals surface area contributed by atoms with E-state index in [1.54, 1.807) is 61.5 Å². The molecule has 0 aromatic rings. The number of amides is 11. The fourth-order valence-corrected chi connectivity index (χ4v) is 10.8. The molecule has 0 aromatic heterocycles. The second kappa shape index (κ2) is 35.0. The highest BCUT2D eigenvalue weighted by atomic mass is 16.3. The third-order valence-corrected chi connectivity index (χ3v) is 16.3. The molecule has 5 N–H and O–H groups in total. The van der Waals surface area contributed by atoms with E-state index >= 15 is 9.59 Å². The van der Waals surface area contributed by atoms with Crippen molar-refractivity contribution >= 4 is 65.0 Å². The van der Waals surface area contributed by atoms with Crippen molar-refractivity contribution in [3.63, 3.8) is 0 Å². The summed E-state index contributed by atoms with van der Waals surface area (Å²) in [6.45, 7) is 31.1. The molecule has 1 heterocycles. The van der Waals surface area contributed by atoms with E-state index in [-0.39, 0.29) is 49.4 Å². The minimum Gasteiger partial charge on any atom is -0.390 e. The molecule has 1 fully saturated rings. The van der Waals surface area contributed by atoms with Crippen LogP contribution in [0.5, 0.6) is 0 Å². The average Bonchev–Trinajstić information content (AvgIpc) is 2.16. The number of nitrogens with zero attached hydrogens (tertiary/aromatic N) is 7. The molecule has 1 saturated heterocycles. The van der Waals surface area contributed by atoms with Gasteiger partial charge in [-0.1, -0.05) is 116 Å². The van der Waals surface area contributed by atoms with Crippen molar-refractivity contribution in [1.29, 1.82) is 0 Å². The maximum absolute atomic E-state index is 15.2. The molecule has 0 radical (unpaired) electrons. The van der Waals surface area contributed by atoms with Crippen molar-refractivity contribution in [2.75, 3.05) is 55.9 Å². The lowest BCUT2D eigenvalue weighted by Crippen LogP contribution is -2.64. The molecule has 1 aliphatic rings. The smallest absolute Gasteiger partial charge is 0.246 e. The van der Waals surface area contributed by atoms with Gasteiger partial charge < -0.3 is 60.7 Å². The molecule has 1 aliphatic heterocycles. The van der Waals surface area contributed by atoms with Gasteiger partial charge in [-0.3, -0.25) is 52.7 Å². The molecule has 11 amide bonds. The van der Waals surface area contributed by atoms with Gasteiger partial charge in [0.2, 0.25) is 65.0 Å². The van der Waals surface area contributed by atoms with Crippen LogP contribution < -0.4 is 21.3 Å². The van der Waals surface area contributed by atoms with Gasteiger partial charge in [-0.15, -0.1) is 0 Å². The lowest BCUT2D eigenvalue weighted by molar-refractivity contribution is -0.157. The summed E-state index contributed by atoms with van der Waals surface area (Å²) >= 11 is 0. The van der Waals surface area contributed by atoms with Gasteiger partial charge in [0, 0.05) is 49.3 Å². The van der Waals surface area contributed by atoms with Crippen LogP contribution >= 0.6 is 0 Å². The summed E-state index contributed by atoms with van der Waals surface area (Å²) in [6.07, 6.45) is 3.00. The van der Waals surface area contributed by atoms with Crippen molar-refractivity contribution in [3.8, 4) is 0 Å². The molecule has 492 valence electrons. The van der Waals surface area contributed by atoms with Gasteiger partial charge >= 0.3 is 0 Å². The molecule has 12 atom stereocenters. The molecule has 1 rings (SSSR count). The van der Waals surface area contributed by atoms with Gasteiger partial charge in [-0.2, -0.15) is 0 Å². The van der Waals surface area contributed by atoms with Gasteiger partial charge in [0.15, 0.2) is 0 Å². The summed E-state index contributed by atoms with van der Waals surface area (Å²) in [6, 6.07) is -12.4. The predicted molar refractivity (Wildman–Crippen MR) is 333 cm³/mol. The number of aliphatic hydroxyl groups is 1. The Labute approximate surface area is 515 Å². The van der Waals surface area contributed by atoms with Crippen molar-refractivity contribution in [2.24, 2.45) is 47.3 Å². The Morgan fingerprint density at radius 2 is 0.791 bits per heavy atom. The highest BCUT2D eigenvalue weighted by Gasteiger charge is 2.46. The van der Waals surface area contributed by atoms with Crippen molar-refractivity contribution in [2.45, 2.75) is 223 Å². The normalized spacial score (nSPS) is 26.8. The van der Waals surface area contributed by atoms with E-state index in [1.807, 2.05) is 61.5 Å². The molecule has 0 bridgehead atoms. The number of likely N-dealkylation sites (N-methyl/N-ethyl adjacent to an activating group) is 7. The van der Waals surface area contributed by atoms with Gasteiger partial charge in [0.1, 0.15) is 60.4 Å². The van der Waals surface area contributed by atoms with Crippen LogP contribution in [0.25, 0.3) is 0 Å². The maximum atomic E-state index is 15.2. The number of nitrogens with one attached hydrogen (secondary N) is 4. The first-order valence-corrected chi connectivity index (χ1v) is 30.9. The van der Waals surface area contributed by atoms with E-state index in [0.29, 0.717) is 6.42 Å². The molecular formula is C63H113N11O12. The van der Waals surface area contributed by atoms with Crippen LogP contribution in [0.1, 0.15) is 157 Å². The van der Waals surface area contributed by atoms with Crippen LogP contribution in [-0.2, 0) is 52.7 Å². The van der Waals surface area contributed by atoms with Crippen LogP contribution in [0.3, 0.4) is 0 Å². The molecule has 0 aliphatic carbocycles. The van der Waals surface area contributed by atoms with Gasteiger partial charge in [0.25, 0.3) is 0 Å². The number of hydrogen-bond acceptors (Lipinski definition) is 12. The fourth-order valence-electron chi connectivity index (χ4n) is 10.8. The summed E-state index contributed by atoms with van der Waals surface area (Å²) in [5, 5.41) is 23.2. The SMILES string of the molecule is CC=CC[C@@H](C)[C@@H](O)C1C(=O)N[C@@H](C(C)C)C(=O)N(C)CC(=O)N(C)[C@@H](CC(C)C)C(=O)N[C@@H](C(C)C)C(=O)N(C)[C@@H](CC(C)C)C(=O)N[C@@H](C)C(=O)N[C@H](C)C(=O)N(C)[C@@H](CC(C)C)C(=O)N(C)[C@@H](CC(C)C)C(=O)N(C)[C@@H](C(C)C)C(=O)N1C. The summed E-state index contributed by atoms with van der Waals surface area (Å²) < 4.78 is 0. The zero-order chi connectivity index (χ0) is 66.8. The molecule has 0 aromatic carbocycles. The van der Waals surface area contributed by atoms with Crippen molar-refractivity contribution in [3.05, 3.63) is 12.2 Å². The number of carbonyl (C=O) groups excluding carboxylic acids is 11. The van der Waals surface area contributed by atoms with E-state index in [0.717, 1.165) is 9.80 Å². The third-order valence-electron chi connectivity index (χ3n) is 16.3. The van der Waals surface area contributed by atoms with Crippen LogP contribution in [-0.4, -0.2) is 227 Å². The van der Waals surface area contributed by atoms with E-state index in [9.17, 15) is 48.3 Å². The minimum atomic E-state index is -1.62. The molecule has 1 unspecified atom stereocenters. The average molecular weight is 1220 g/mol. The highest BCUT2D eigenvalue weighted by molar-refractivity contribution is 5.99. The van der Waals surface area contributed by atoms with E-state index in [2.05, 4.69) is 21.3 Å². The van der Waals surface area contributed by atoms with Crippen LogP contribution in [0.2, 0.25) is 0 Å². The monoisotopic (exact) mass is 1220 g/mol. The molecular weight excluding hydrogens is 1100 g/mol. The first-order valence-electron chi connectivity index (χ1n) is 30.9. The largest absolute Gasteiger partial charge is 0.390 e. The Morgan fingerprint density at radius 1 is 0.419 bits per heavy atom. The number of carbonyl (C=O) groups is 11. The van der Waals surface area contributed by atoms with E-state index in [1.165, 1.54) is 87.7 Å². The maximum Gasteiger partial charge on any atom is 0.246 e. The number of allylic oxidation sites excluding steroid dienone is 2. The van der Waals surface area contributed by atoms with Crippen LogP contribution in [0.15, 0.2) is 12.2 Å². The Balaban J connectivity index is 4.37. The lowest BCUT2D eigenvalue weighted by atomic mass is 9.91. The standard InChI is InChI=1S/C63H113N11O12/c1-26-27-28-41(16)53(76)52-57(80)67-49(38(10)11)61(84)68(19)33-48(75)69(20)44(29-34(2)3)56(79)66-50(39(12)13)62(85)70(21)45(30-35(4)5)55(78)64-42(17)54(77)65-43(18)58(81)71(22)46(31-36(6)7)59(82)72(23)47(32-37(8)9)60(83)73(24)51(40(14)15)63(86)74(52)25/h26-27,34-47,49-53,76H,28-33H2,1-25H3,(H,64,78)(H,65,77)(H,66,79)(H,67,80)/t41-,42+,43-,44+,45+,46+,47+,49+,50+,51+,52?,53-/m1/s1. The lowest BCUT2D eigenvalue weighted by Gasteiger charge is -2.41. The number of rotatable bonds is 15. The zero-order valence-electron chi connectivity index (χ0n) is 56.9. The first-order chi connectivity index (χ1) is 39.6. The molecule has 0 saturated carbocycles. The minimum absolute atomic E-state index is 0.131. The Kier molecular flexibility index (Phi) is 31.7. The molecule has 23 heteroatoms. The Bertz CT molecular complexity index is 2360. The second-order valence-corrected chi connectivity index (χ2v) is 26.9. The fraction of sp³-hybridized carbons (Fsp3) is 0.794. The molecule has 23 nitrogen and oxygen atoms in total. The van der Waals surface area contributed by atoms with Gasteiger partial charge in [-0.25, -0.2) is 0 Å². The summed E-state index contributed by atoms with van der Waals surface area (Å²) in [7, 11) is 9.93. The first kappa shape index (κ1) is 77.9. The zero-order valence-corrected chi connectivity index (χ0v) is 56.9.